The number of hydrogen-bond donors (Lipinski definition) is 2. The lowest BCUT2D eigenvalue weighted by Gasteiger charge is -2.53. The molecule has 1 aliphatic carbocycles. The monoisotopic (exact) mass is 489 g/mol. The molecule has 2 aliphatic heterocycles. The van der Waals surface area contributed by atoms with Crippen molar-refractivity contribution in [2.75, 3.05) is 26.8 Å². The van der Waals surface area contributed by atoms with Gasteiger partial charge in [0.15, 0.2) is 0 Å². The lowest BCUT2D eigenvalue weighted by Crippen LogP contribution is -2.65. The third kappa shape index (κ3) is 3.84. The quantitative estimate of drug-likeness (QED) is 0.551. The van der Waals surface area contributed by atoms with E-state index in [0.29, 0.717) is 6.54 Å². The number of aliphatic hydroxyl groups excluding tert-OH is 1. The third-order valence-corrected chi connectivity index (χ3v) is 8.21. The molecule has 1 aromatic heterocycles. The number of amidine groups is 1. The second-order valence-corrected chi connectivity index (χ2v) is 10.6. The van der Waals surface area contributed by atoms with Gasteiger partial charge in [0.2, 0.25) is 0 Å². The number of aromatic nitrogens is 2. The number of ether oxygens (including phenoxy) is 1. The molecule has 2 atom stereocenters. The molecule has 0 radical (unpaired) electrons. The van der Waals surface area contributed by atoms with Gasteiger partial charge in [-0.1, -0.05) is 18.2 Å². The van der Waals surface area contributed by atoms with E-state index in [2.05, 4.69) is 33.5 Å². The molecular formula is C28H32FN5O2. The maximum absolute atomic E-state index is 13.7. The molecule has 1 spiro atoms. The van der Waals surface area contributed by atoms with Gasteiger partial charge in [0, 0.05) is 18.7 Å². The molecule has 1 saturated carbocycles. The van der Waals surface area contributed by atoms with E-state index < -0.39 is 5.54 Å². The number of methoxy groups -OCH3 is 1. The van der Waals surface area contributed by atoms with Gasteiger partial charge in [-0.25, -0.2) is 9.37 Å². The number of benzene rings is 2. The molecule has 36 heavy (non-hydrogen) atoms. The summed E-state index contributed by atoms with van der Waals surface area (Å²) in [5.41, 5.74) is 6.80. The molecule has 6 rings (SSSR count). The summed E-state index contributed by atoms with van der Waals surface area (Å²) < 4.78 is 21.5. The van der Waals surface area contributed by atoms with Crippen LogP contribution in [-0.2, 0) is 12.0 Å². The average Bonchev–Trinajstić information content (AvgIpc) is 3.49. The number of hydrazone groups is 1. The van der Waals surface area contributed by atoms with E-state index in [4.69, 9.17) is 9.84 Å². The third-order valence-electron chi connectivity index (χ3n) is 8.21. The zero-order valence-corrected chi connectivity index (χ0v) is 20.7. The Bertz CT molecular complexity index is 1300. The van der Waals surface area contributed by atoms with Crippen LogP contribution in [-0.4, -0.2) is 52.2 Å². The first-order valence-electron chi connectivity index (χ1n) is 12.6. The minimum atomic E-state index is -0.667. The van der Waals surface area contributed by atoms with Gasteiger partial charge >= 0.3 is 0 Å². The lowest BCUT2D eigenvalue weighted by molar-refractivity contribution is 0.0344. The van der Waals surface area contributed by atoms with Crippen molar-refractivity contribution in [3.8, 4) is 11.4 Å². The Hall–Kier alpha value is -3.39. The van der Waals surface area contributed by atoms with Crippen molar-refractivity contribution < 1.29 is 14.2 Å². The highest BCUT2D eigenvalue weighted by Gasteiger charge is 2.56. The predicted molar refractivity (Wildman–Crippen MR) is 136 cm³/mol. The standard InChI is InChI=1S/C28H32FN5O2/c1-19-14-33(18-30-19)24-8-3-20(12-25(24)36-2)11-21-13-27(9-10-27)16-34-26(21)32-31-15-28(34,17-35)22-4-6-23(29)7-5-22/h3-8,12,14,18,21,31,35H,9-11,13,15-17H2,1-2H3. The zero-order valence-electron chi connectivity index (χ0n) is 20.7. The Balaban J connectivity index is 1.33. The Kier molecular flexibility index (Phi) is 5.52. The van der Waals surface area contributed by atoms with Crippen molar-refractivity contribution in [2.24, 2.45) is 16.4 Å². The van der Waals surface area contributed by atoms with Crippen LogP contribution in [0.25, 0.3) is 5.69 Å². The number of nitrogens with zero attached hydrogens (tertiary/aromatic N) is 4. The molecular weight excluding hydrogens is 457 g/mol. The number of hydrogen-bond acceptors (Lipinski definition) is 6. The van der Waals surface area contributed by atoms with Crippen LogP contribution in [0.1, 0.15) is 36.1 Å². The number of nitrogens with one attached hydrogen (secondary N) is 1. The zero-order chi connectivity index (χ0) is 24.9. The summed E-state index contributed by atoms with van der Waals surface area (Å²) in [5.74, 6) is 1.71. The molecule has 2 fully saturated rings. The van der Waals surface area contributed by atoms with Gasteiger partial charge < -0.3 is 24.7 Å². The van der Waals surface area contributed by atoms with Crippen molar-refractivity contribution in [3.05, 3.63) is 77.6 Å². The molecule has 2 N–H and O–H groups in total. The molecule has 8 heteroatoms. The molecule has 3 aliphatic rings. The number of rotatable bonds is 6. The van der Waals surface area contributed by atoms with E-state index in [0.717, 1.165) is 47.9 Å². The Labute approximate surface area is 210 Å². The van der Waals surface area contributed by atoms with Gasteiger partial charge in [-0.2, -0.15) is 5.10 Å². The van der Waals surface area contributed by atoms with Crippen LogP contribution in [0.5, 0.6) is 5.75 Å². The molecule has 2 unspecified atom stereocenters. The van der Waals surface area contributed by atoms with E-state index in [1.165, 1.54) is 30.5 Å². The summed E-state index contributed by atoms with van der Waals surface area (Å²) in [4.78, 5) is 6.66. The van der Waals surface area contributed by atoms with E-state index in [1.807, 2.05) is 17.7 Å². The highest BCUT2D eigenvalue weighted by molar-refractivity contribution is 5.87. The smallest absolute Gasteiger partial charge is 0.143 e. The number of piperidine rings is 1. The predicted octanol–water partition coefficient (Wildman–Crippen LogP) is 3.78. The number of imidazole rings is 1. The van der Waals surface area contributed by atoms with Crippen LogP contribution in [0, 0.1) is 24.1 Å². The summed E-state index contributed by atoms with van der Waals surface area (Å²) >= 11 is 0. The van der Waals surface area contributed by atoms with E-state index in [-0.39, 0.29) is 23.8 Å². The van der Waals surface area contributed by atoms with Crippen molar-refractivity contribution in [1.82, 2.24) is 19.9 Å². The van der Waals surface area contributed by atoms with Gasteiger partial charge in [-0.15, -0.1) is 0 Å². The van der Waals surface area contributed by atoms with Gasteiger partial charge in [-0.05, 0) is 73.4 Å². The van der Waals surface area contributed by atoms with Gasteiger partial charge in [-0.3, -0.25) is 0 Å². The minimum absolute atomic E-state index is 0.0692. The Morgan fingerprint density at radius 3 is 2.67 bits per heavy atom. The van der Waals surface area contributed by atoms with Gasteiger partial charge in [0.25, 0.3) is 0 Å². The number of aryl methyl sites for hydroxylation is 1. The van der Waals surface area contributed by atoms with E-state index in [9.17, 15) is 9.50 Å². The summed E-state index contributed by atoms with van der Waals surface area (Å²) in [6, 6.07) is 12.9. The maximum Gasteiger partial charge on any atom is 0.143 e. The molecule has 188 valence electrons. The second kappa shape index (κ2) is 8.62. The molecule has 3 heterocycles. The number of fused-ring (bicyclic) bond motifs is 1. The average molecular weight is 490 g/mol. The largest absolute Gasteiger partial charge is 0.495 e. The highest BCUT2D eigenvalue weighted by atomic mass is 19.1. The van der Waals surface area contributed by atoms with Crippen molar-refractivity contribution in [1.29, 1.82) is 0 Å². The van der Waals surface area contributed by atoms with Crippen LogP contribution in [0.2, 0.25) is 0 Å². The van der Waals surface area contributed by atoms with Crippen molar-refractivity contribution in [3.63, 3.8) is 0 Å². The lowest BCUT2D eigenvalue weighted by atomic mass is 9.77. The fraction of sp³-hybridized carbons (Fsp3) is 0.429. The number of halogens is 1. The van der Waals surface area contributed by atoms with Crippen molar-refractivity contribution >= 4 is 5.84 Å². The Morgan fingerprint density at radius 2 is 2.00 bits per heavy atom. The fourth-order valence-corrected chi connectivity index (χ4v) is 6.04. The van der Waals surface area contributed by atoms with Crippen LogP contribution in [0.3, 0.4) is 0 Å². The Morgan fingerprint density at radius 1 is 1.19 bits per heavy atom. The normalized spacial score (nSPS) is 24.2. The maximum atomic E-state index is 13.7. The van der Waals surface area contributed by atoms with Crippen LogP contribution in [0.4, 0.5) is 4.39 Å². The molecule has 2 aromatic carbocycles. The number of aliphatic hydroxyl groups is 1. The van der Waals surface area contributed by atoms with Gasteiger partial charge in [0.05, 0.1) is 38.0 Å². The van der Waals surface area contributed by atoms with Crippen LogP contribution >= 0.6 is 0 Å². The fourth-order valence-electron chi connectivity index (χ4n) is 6.04. The second-order valence-electron chi connectivity index (χ2n) is 10.6. The minimum Gasteiger partial charge on any atom is -0.495 e. The first-order valence-corrected chi connectivity index (χ1v) is 12.6. The van der Waals surface area contributed by atoms with Gasteiger partial charge in [0.1, 0.15) is 22.9 Å². The van der Waals surface area contributed by atoms with Crippen LogP contribution in [0.15, 0.2) is 60.1 Å². The summed E-state index contributed by atoms with van der Waals surface area (Å²) in [6.07, 6.45) is 8.06. The highest BCUT2D eigenvalue weighted by Crippen LogP contribution is 2.56. The molecule has 3 aromatic rings. The van der Waals surface area contributed by atoms with E-state index >= 15 is 0 Å². The summed E-state index contributed by atoms with van der Waals surface area (Å²) in [6.45, 7) is 3.25. The summed E-state index contributed by atoms with van der Waals surface area (Å²) in [7, 11) is 1.70. The topological polar surface area (TPSA) is 74.9 Å². The summed E-state index contributed by atoms with van der Waals surface area (Å²) in [5, 5.41) is 15.5. The SMILES string of the molecule is COc1cc(CC2CC3(CC3)CN3C2=NNCC3(CO)c2ccc(F)cc2)ccc1-n1cnc(C)c1. The van der Waals surface area contributed by atoms with Crippen LogP contribution < -0.4 is 10.2 Å². The first kappa shape index (κ1) is 23.0. The molecule has 0 amide bonds. The van der Waals surface area contributed by atoms with Crippen molar-refractivity contribution in [2.45, 2.75) is 38.1 Å². The molecule has 7 nitrogen and oxygen atoms in total. The molecule has 0 bridgehead atoms. The first-order chi connectivity index (χ1) is 17.4. The van der Waals surface area contributed by atoms with E-state index in [1.54, 1.807) is 25.6 Å². The molecule has 1 saturated heterocycles.